The molecule has 162 valence electrons. The predicted octanol–water partition coefficient (Wildman–Crippen LogP) is 1.11. The Bertz CT molecular complexity index is 1260. The van der Waals surface area contributed by atoms with Gasteiger partial charge in [-0.15, -0.1) is 0 Å². The number of benzene rings is 2. The molecule has 10 nitrogen and oxygen atoms in total. The lowest BCUT2D eigenvalue weighted by Crippen LogP contribution is -2.53. The van der Waals surface area contributed by atoms with Crippen molar-refractivity contribution >= 4 is 17.8 Å². The quantitative estimate of drug-likeness (QED) is 0.579. The number of nitrogens with zero attached hydrogens (tertiary/aromatic N) is 4. The van der Waals surface area contributed by atoms with E-state index in [9.17, 15) is 18.8 Å². The summed E-state index contributed by atoms with van der Waals surface area (Å²) in [5, 5.41) is 13.3. The van der Waals surface area contributed by atoms with Crippen molar-refractivity contribution in [3.05, 3.63) is 71.3 Å². The first-order valence-corrected chi connectivity index (χ1v) is 9.68. The lowest BCUT2D eigenvalue weighted by atomic mass is 9.95. The van der Waals surface area contributed by atoms with Crippen LogP contribution in [-0.2, 0) is 16.9 Å². The van der Waals surface area contributed by atoms with Gasteiger partial charge >= 0.3 is 6.03 Å². The Morgan fingerprint density at radius 2 is 1.94 bits per heavy atom. The Balaban J connectivity index is 1.49. The van der Waals surface area contributed by atoms with E-state index in [1.165, 1.54) is 47.3 Å². The third kappa shape index (κ3) is 3.06. The Labute approximate surface area is 181 Å². The molecule has 0 radical (unpaired) electrons. The molecule has 0 saturated carbocycles. The molecule has 1 aromatic heterocycles. The SMILES string of the molecule is COc1ccc2c(c1)C(=O)N(C[C@@]1(c3cnn(-c4ccc(F)cc4)n3)NC(=O)NC1=O)C2. The molecule has 0 unspecified atom stereocenters. The number of ether oxygens (including phenoxy) is 1. The van der Waals surface area contributed by atoms with E-state index in [1.807, 2.05) is 0 Å². The molecule has 11 heteroatoms. The van der Waals surface area contributed by atoms with Gasteiger partial charge < -0.3 is 15.0 Å². The van der Waals surface area contributed by atoms with Crippen molar-refractivity contribution < 1.29 is 23.5 Å². The lowest BCUT2D eigenvalue weighted by molar-refractivity contribution is -0.125. The third-order valence-corrected chi connectivity index (χ3v) is 5.55. The van der Waals surface area contributed by atoms with Gasteiger partial charge in [0.25, 0.3) is 11.8 Å². The number of amides is 4. The summed E-state index contributed by atoms with van der Waals surface area (Å²) in [4.78, 5) is 40.6. The summed E-state index contributed by atoms with van der Waals surface area (Å²) in [6.07, 6.45) is 1.34. The molecule has 0 bridgehead atoms. The van der Waals surface area contributed by atoms with Gasteiger partial charge in [-0.3, -0.25) is 14.9 Å². The van der Waals surface area contributed by atoms with Crippen molar-refractivity contribution in [3.8, 4) is 11.4 Å². The molecule has 4 amide bonds. The van der Waals surface area contributed by atoms with Crippen LogP contribution < -0.4 is 15.4 Å². The van der Waals surface area contributed by atoms with Crippen molar-refractivity contribution in [3.63, 3.8) is 0 Å². The number of hydrogen-bond acceptors (Lipinski definition) is 6. The summed E-state index contributed by atoms with van der Waals surface area (Å²) in [6, 6.07) is 9.96. The number of urea groups is 1. The van der Waals surface area contributed by atoms with Crippen LogP contribution in [0.2, 0.25) is 0 Å². The normalized spacial score (nSPS) is 19.7. The number of carbonyl (C=O) groups is 3. The largest absolute Gasteiger partial charge is 0.497 e. The Kier molecular flexibility index (Phi) is 4.40. The molecule has 2 aliphatic heterocycles. The van der Waals surface area contributed by atoms with Crippen LogP contribution in [-0.4, -0.2) is 51.4 Å². The highest BCUT2D eigenvalue weighted by atomic mass is 19.1. The summed E-state index contributed by atoms with van der Waals surface area (Å²) < 4.78 is 18.4. The second kappa shape index (κ2) is 7.15. The summed E-state index contributed by atoms with van der Waals surface area (Å²) in [5.41, 5.74) is 0.239. The molecular weight excluding hydrogens is 419 g/mol. The van der Waals surface area contributed by atoms with Crippen LogP contribution in [0.4, 0.5) is 9.18 Å². The van der Waals surface area contributed by atoms with Gasteiger partial charge in [0.15, 0.2) is 5.54 Å². The molecule has 1 saturated heterocycles. The number of methoxy groups -OCH3 is 1. The average molecular weight is 436 g/mol. The van der Waals surface area contributed by atoms with E-state index >= 15 is 0 Å². The molecule has 2 aromatic carbocycles. The maximum atomic E-state index is 13.2. The van der Waals surface area contributed by atoms with Crippen LogP contribution in [0.3, 0.4) is 0 Å². The maximum Gasteiger partial charge on any atom is 0.322 e. The van der Waals surface area contributed by atoms with Crippen LogP contribution in [0.1, 0.15) is 21.6 Å². The van der Waals surface area contributed by atoms with Crippen LogP contribution in [0.25, 0.3) is 5.69 Å². The van der Waals surface area contributed by atoms with Crippen molar-refractivity contribution in [2.24, 2.45) is 0 Å². The maximum absolute atomic E-state index is 13.2. The first kappa shape index (κ1) is 19.7. The highest BCUT2D eigenvalue weighted by Gasteiger charge is 2.52. The van der Waals surface area contributed by atoms with Gasteiger partial charge in [-0.25, -0.2) is 9.18 Å². The number of imide groups is 1. The molecule has 5 rings (SSSR count). The summed E-state index contributed by atoms with van der Waals surface area (Å²) in [5.74, 6) is -0.806. The smallest absolute Gasteiger partial charge is 0.322 e. The van der Waals surface area contributed by atoms with Crippen LogP contribution in [0.5, 0.6) is 5.75 Å². The zero-order valence-electron chi connectivity index (χ0n) is 16.8. The average Bonchev–Trinajstić information content (AvgIpc) is 3.46. The molecular formula is C21H17FN6O4. The predicted molar refractivity (Wildman–Crippen MR) is 107 cm³/mol. The van der Waals surface area contributed by atoms with Crippen molar-refractivity contribution in [2.45, 2.75) is 12.1 Å². The van der Waals surface area contributed by atoms with E-state index in [0.29, 0.717) is 17.0 Å². The first-order valence-electron chi connectivity index (χ1n) is 9.68. The number of nitrogens with one attached hydrogen (secondary N) is 2. The van der Waals surface area contributed by atoms with Gasteiger partial charge in [0.05, 0.1) is 25.5 Å². The van der Waals surface area contributed by atoms with E-state index in [1.54, 1.807) is 18.2 Å². The van der Waals surface area contributed by atoms with Crippen molar-refractivity contribution in [1.82, 2.24) is 30.5 Å². The molecule has 0 spiro atoms. The number of fused-ring (bicyclic) bond motifs is 1. The van der Waals surface area contributed by atoms with Crippen LogP contribution >= 0.6 is 0 Å². The Hall–Kier alpha value is -4.28. The zero-order valence-corrected chi connectivity index (χ0v) is 16.8. The Morgan fingerprint density at radius 1 is 1.16 bits per heavy atom. The van der Waals surface area contributed by atoms with E-state index in [0.717, 1.165) is 5.56 Å². The second-order valence-corrected chi connectivity index (χ2v) is 7.49. The molecule has 3 aromatic rings. The van der Waals surface area contributed by atoms with Gasteiger partial charge in [-0.05, 0) is 42.0 Å². The number of rotatable bonds is 5. The molecule has 2 N–H and O–H groups in total. The van der Waals surface area contributed by atoms with E-state index < -0.39 is 23.3 Å². The van der Waals surface area contributed by atoms with Gasteiger partial charge in [-0.2, -0.15) is 15.0 Å². The number of hydrogen-bond donors (Lipinski definition) is 2. The number of carbonyl (C=O) groups excluding carboxylic acids is 3. The summed E-state index contributed by atoms with van der Waals surface area (Å²) >= 11 is 0. The lowest BCUT2D eigenvalue weighted by Gasteiger charge is -2.28. The number of aromatic nitrogens is 3. The highest BCUT2D eigenvalue weighted by Crippen LogP contribution is 2.31. The minimum absolute atomic E-state index is 0.145. The third-order valence-electron chi connectivity index (χ3n) is 5.55. The van der Waals surface area contributed by atoms with Gasteiger partial charge in [0.1, 0.15) is 17.3 Å². The fraction of sp³-hybridized carbons (Fsp3) is 0.190. The zero-order chi connectivity index (χ0) is 22.5. The van der Waals surface area contributed by atoms with Crippen molar-refractivity contribution in [1.29, 1.82) is 0 Å². The highest BCUT2D eigenvalue weighted by molar-refractivity contribution is 6.08. The van der Waals surface area contributed by atoms with Gasteiger partial charge in [-0.1, -0.05) is 6.07 Å². The van der Waals surface area contributed by atoms with Gasteiger partial charge in [0, 0.05) is 12.1 Å². The molecule has 3 heterocycles. The van der Waals surface area contributed by atoms with E-state index in [-0.39, 0.29) is 24.7 Å². The fourth-order valence-corrected chi connectivity index (χ4v) is 3.90. The van der Waals surface area contributed by atoms with Crippen molar-refractivity contribution in [2.75, 3.05) is 13.7 Å². The minimum atomic E-state index is -1.63. The molecule has 32 heavy (non-hydrogen) atoms. The first-order chi connectivity index (χ1) is 15.4. The van der Waals surface area contributed by atoms with Crippen LogP contribution in [0, 0.1) is 5.82 Å². The van der Waals surface area contributed by atoms with E-state index in [4.69, 9.17) is 4.74 Å². The second-order valence-electron chi connectivity index (χ2n) is 7.49. The summed E-state index contributed by atoms with van der Waals surface area (Å²) in [7, 11) is 1.51. The van der Waals surface area contributed by atoms with Gasteiger partial charge in [0.2, 0.25) is 0 Å². The monoisotopic (exact) mass is 436 g/mol. The van der Waals surface area contributed by atoms with E-state index in [2.05, 4.69) is 20.8 Å². The van der Waals surface area contributed by atoms with Crippen LogP contribution in [0.15, 0.2) is 48.7 Å². The number of halogens is 1. The Morgan fingerprint density at radius 3 is 2.62 bits per heavy atom. The summed E-state index contributed by atoms with van der Waals surface area (Å²) in [6.45, 7) is 0.109. The minimum Gasteiger partial charge on any atom is -0.497 e. The molecule has 1 fully saturated rings. The molecule has 0 aliphatic carbocycles. The standard InChI is InChI=1S/C21H17FN6O4/c1-32-15-7-2-12-10-27(18(29)16(12)8-15)11-21(19(30)24-20(31)25-21)17-9-23-28(26-17)14-5-3-13(22)4-6-14/h2-9H,10-11H2,1H3,(H2,24,25,30,31)/t21-/m0/s1. The molecule has 1 atom stereocenters. The molecule has 2 aliphatic rings. The topological polar surface area (TPSA) is 118 Å². The fourth-order valence-electron chi connectivity index (χ4n) is 3.90.